The van der Waals surface area contributed by atoms with Crippen LogP contribution in [0.4, 0.5) is 0 Å². The second-order valence-electron chi connectivity index (χ2n) is 8.59. The van der Waals surface area contributed by atoms with Crippen LogP contribution in [-0.2, 0) is 16.1 Å². The number of aromatic amines is 1. The SMILES string of the molecule is CCCN1C[C@@]2(C(=O)O)CN(Cc3cn[nH]c3C3CCCCC3)C[C@H]2C1=O. The zero-order chi connectivity index (χ0) is 19.0. The Hall–Kier alpha value is -1.89. The van der Waals surface area contributed by atoms with Gasteiger partial charge in [-0.3, -0.25) is 19.6 Å². The Kier molecular flexibility index (Phi) is 4.97. The van der Waals surface area contributed by atoms with E-state index in [4.69, 9.17) is 0 Å². The van der Waals surface area contributed by atoms with Gasteiger partial charge in [0.05, 0.1) is 12.1 Å². The number of aliphatic carboxylic acids is 1. The summed E-state index contributed by atoms with van der Waals surface area (Å²) >= 11 is 0. The molecule has 0 bridgehead atoms. The van der Waals surface area contributed by atoms with Gasteiger partial charge in [0, 0.05) is 49.9 Å². The molecule has 0 spiro atoms. The van der Waals surface area contributed by atoms with Crippen molar-refractivity contribution in [2.45, 2.75) is 57.9 Å². The number of carbonyl (C=O) groups is 2. The lowest BCUT2D eigenvalue weighted by atomic mass is 9.81. The first-order chi connectivity index (χ1) is 13.0. The molecule has 3 heterocycles. The van der Waals surface area contributed by atoms with Gasteiger partial charge in [-0.05, 0) is 19.3 Å². The molecule has 1 amide bonds. The minimum atomic E-state index is -0.957. The Labute approximate surface area is 160 Å². The third-order valence-electron chi connectivity index (χ3n) is 6.77. The third-order valence-corrected chi connectivity index (χ3v) is 6.77. The van der Waals surface area contributed by atoms with Crippen LogP contribution in [0.15, 0.2) is 6.20 Å². The van der Waals surface area contributed by atoms with E-state index >= 15 is 0 Å². The van der Waals surface area contributed by atoms with Gasteiger partial charge in [0.15, 0.2) is 0 Å². The highest BCUT2D eigenvalue weighted by molar-refractivity contribution is 5.92. The van der Waals surface area contributed by atoms with Crippen LogP contribution in [0.5, 0.6) is 0 Å². The molecular weight excluding hydrogens is 344 g/mol. The van der Waals surface area contributed by atoms with Crippen molar-refractivity contribution in [2.75, 3.05) is 26.2 Å². The molecule has 0 aromatic carbocycles. The molecule has 27 heavy (non-hydrogen) atoms. The van der Waals surface area contributed by atoms with Crippen LogP contribution >= 0.6 is 0 Å². The number of H-pyrrole nitrogens is 1. The van der Waals surface area contributed by atoms with Crippen LogP contribution in [0.2, 0.25) is 0 Å². The van der Waals surface area contributed by atoms with Crippen molar-refractivity contribution in [1.82, 2.24) is 20.0 Å². The van der Waals surface area contributed by atoms with Crippen LogP contribution in [0.1, 0.15) is 62.6 Å². The number of nitrogens with zero attached hydrogens (tertiary/aromatic N) is 3. The zero-order valence-corrected chi connectivity index (χ0v) is 16.1. The highest BCUT2D eigenvalue weighted by Crippen LogP contribution is 2.44. The highest BCUT2D eigenvalue weighted by Gasteiger charge is 2.61. The minimum Gasteiger partial charge on any atom is -0.481 e. The molecule has 1 saturated carbocycles. The van der Waals surface area contributed by atoms with Crippen molar-refractivity contribution in [2.24, 2.45) is 11.3 Å². The number of fused-ring (bicyclic) bond motifs is 1. The topological polar surface area (TPSA) is 89.5 Å². The molecule has 2 N–H and O–H groups in total. The summed E-state index contributed by atoms with van der Waals surface area (Å²) < 4.78 is 0. The molecule has 1 aliphatic carbocycles. The van der Waals surface area contributed by atoms with Crippen molar-refractivity contribution in [3.8, 4) is 0 Å². The summed E-state index contributed by atoms with van der Waals surface area (Å²) in [6.07, 6.45) is 8.97. The summed E-state index contributed by atoms with van der Waals surface area (Å²) in [6, 6.07) is 0. The molecule has 0 unspecified atom stereocenters. The molecule has 3 aliphatic rings. The summed E-state index contributed by atoms with van der Waals surface area (Å²) in [5.74, 6) is -0.705. The fourth-order valence-corrected chi connectivity index (χ4v) is 5.42. The van der Waals surface area contributed by atoms with Crippen molar-refractivity contribution < 1.29 is 14.7 Å². The molecular formula is C20H30N4O3. The molecule has 4 rings (SSSR count). The monoisotopic (exact) mass is 374 g/mol. The number of carboxylic acid groups (broad SMARTS) is 1. The van der Waals surface area contributed by atoms with E-state index < -0.39 is 17.3 Å². The second kappa shape index (κ2) is 7.26. The van der Waals surface area contributed by atoms with Crippen LogP contribution in [0.3, 0.4) is 0 Å². The number of aromatic nitrogens is 2. The van der Waals surface area contributed by atoms with Crippen molar-refractivity contribution in [3.05, 3.63) is 17.5 Å². The van der Waals surface area contributed by atoms with Crippen molar-refractivity contribution >= 4 is 11.9 Å². The summed E-state index contributed by atoms with van der Waals surface area (Å²) in [4.78, 5) is 28.8. The van der Waals surface area contributed by atoms with Crippen LogP contribution in [0, 0.1) is 11.3 Å². The molecule has 2 atom stereocenters. The van der Waals surface area contributed by atoms with Crippen molar-refractivity contribution in [3.63, 3.8) is 0 Å². The van der Waals surface area contributed by atoms with Gasteiger partial charge in [-0.25, -0.2) is 0 Å². The summed E-state index contributed by atoms with van der Waals surface area (Å²) in [7, 11) is 0. The number of amides is 1. The number of hydrogen-bond donors (Lipinski definition) is 2. The lowest BCUT2D eigenvalue weighted by Crippen LogP contribution is -2.41. The fraction of sp³-hybridized carbons (Fsp3) is 0.750. The standard InChI is InChI=1S/C20H30N4O3/c1-2-8-24-13-20(19(26)27)12-23(11-16(20)18(24)25)10-15-9-21-22-17(15)14-6-4-3-5-7-14/h9,14,16H,2-8,10-13H2,1H3,(H,21,22)(H,26,27)/t16-,20-/m0/s1. The largest absolute Gasteiger partial charge is 0.481 e. The molecule has 7 nitrogen and oxygen atoms in total. The molecule has 3 fully saturated rings. The quantitative estimate of drug-likeness (QED) is 0.797. The number of nitrogens with one attached hydrogen (secondary N) is 1. The predicted molar refractivity (Wildman–Crippen MR) is 100 cm³/mol. The predicted octanol–water partition coefficient (Wildman–Crippen LogP) is 2.21. The van der Waals surface area contributed by atoms with E-state index in [1.165, 1.54) is 43.4 Å². The maximum atomic E-state index is 12.8. The number of hydrogen-bond acceptors (Lipinski definition) is 4. The summed E-state index contributed by atoms with van der Waals surface area (Å²) in [5.41, 5.74) is 1.43. The van der Waals surface area contributed by atoms with Gasteiger partial charge in [-0.15, -0.1) is 0 Å². The first kappa shape index (κ1) is 18.5. The van der Waals surface area contributed by atoms with Gasteiger partial charge in [0.1, 0.15) is 5.41 Å². The average Bonchev–Trinajstić information content (AvgIpc) is 3.33. The van der Waals surface area contributed by atoms with E-state index in [9.17, 15) is 14.7 Å². The molecule has 2 saturated heterocycles. The minimum absolute atomic E-state index is 0.0152. The molecule has 1 aromatic heterocycles. The van der Waals surface area contributed by atoms with Gasteiger partial charge in [0.2, 0.25) is 5.91 Å². The molecule has 7 heteroatoms. The Morgan fingerprint density at radius 3 is 2.78 bits per heavy atom. The van der Waals surface area contributed by atoms with Gasteiger partial charge in [-0.2, -0.15) is 5.10 Å². The first-order valence-corrected chi connectivity index (χ1v) is 10.3. The van der Waals surface area contributed by atoms with Gasteiger partial charge < -0.3 is 10.0 Å². The second-order valence-corrected chi connectivity index (χ2v) is 8.59. The highest BCUT2D eigenvalue weighted by atomic mass is 16.4. The zero-order valence-electron chi connectivity index (χ0n) is 16.1. The molecule has 1 aromatic rings. The summed E-state index contributed by atoms with van der Waals surface area (Å²) in [5, 5.41) is 17.4. The first-order valence-electron chi connectivity index (χ1n) is 10.3. The smallest absolute Gasteiger partial charge is 0.313 e. The van der Waals surface area contributed by atoms with Crippen LogP contribution < -0.4 is 0 Å². The Balaban J connectivity index is 1.49. The van der Waals surface area contributed by atoms with Crippen molar-refractivity contribution in [1.29, 1.82) is 0 Å². The Morgan fingerprint density at radius 1 is 1.33 bits per heavy atom. The Bertz CT molecular complexity index is 712. The van der Waals surface area contributed by atoms with E-state index in [0.29, 0.717) is 38.6 Å². The summed E-state index contributed by atoms with van der Waals surface area (Å²) in [6.45, 7) is 4.66. The van der Waals surface area contributed by atoms with E-state index in [1.807, 2.05) is 13.1 Å². The maximum absolute atomic E-state index is 12.8. The van der Waals surface area contributed by atoms with Gasteiger partial charge in [0.25, 0.3) is 0 Å². The Morgan fingerprint density at radius 2 is 2.11 bits per heavy atom. The molecule has 2 aliphatic heterocycles. The maximum Gasteiger partial charge on any atom is 0.313 e. The van der Waals surface area contributed by atoms with Gasteiger partial charge in [-0.1, -0.05) is 26.2 Å². The normalized spacial score (nSPS) is 29.4. The molecule has 148 valence electrons. The number of carboxylic acids is 1. The number of carbonyl (C=O) groups excluding carboxylic acids is 1. The van der Waals surface area contributed by atoms with E-state index in [-0.39, 0.29) is 5.91 Å². The van der Waals surface area contributed by atoms with E-state index in [0.717, 1.165) is 6.42 Å². The number of rotatable bonds is 6. The lowest BCUT2D eigenvalue weighted by molar-refractivity contribution is -0.149. The van der Waals surface area contributed by atoms with E-state index in [1.54, 1.807) is 4.90 Å². The van der Waals surface area contributed by atoms with Crippen LogP contribution in [0.25, 0.3) is 0 Å². The third kappa shape index (κ3) is 3.16. The fourth-order valence-electron chi connectivity index (χ4n) is 5.42. The average molecular weight is 374 g/mol. The lowest BCUT2D eigenvalue weighted by Gasteiger charge is -2.26. The molecule has 0 radical (unpaired) electrons. The van der Waals surface area contributed by atoms with E-state index in [2.05, 4.69) is 15.1 Å². The number of likely N-dealkylation sites (tertiary alicyclic amines) is 2. The van der Waals surface area contributed by atoms with Crippen LogP contribution in [-0.4, -0.2) is 63.2 Å². The van der Waals surface area contributed by atoms with Gasteiger partial charge >= 0.3 is 5.97 Å².